The van der Waals surface area contributed by atoms with E-state index in [9.17, 15) is 4.79 Å². The number of nitrogens with one attached hydrogen (secondary N) is 1. The molecule has 1 saturated heterocycles. The van der Waals surface area contributed by atoms with Crippen LogP contribution < -0.4 is 11.1 Å². The van der Waals surface area contributed by atoms with Gasteiger partial charge in [0.15, 0.2) is 0 Å². The summed E-state index contributed by atoms with van der Waals surface area (Å²) >= 11 is 3.42. The maximum atomic E-state index is 12.1. The molecule has 21 heavy (non-hydrogen) atoms. The van der Waals surface area contributed by atoms with Gasteiger partial charge in [0.25, 0.3) is 0 Å². The van der Waals surface area contributed by atoms with Crippen LogP contribution in [-0.4, -0.2) is 37.0 Å². The number of benzene rings is 1. The molecule has 0 aliphatic carbocycles. The van der Waals surface area contributed by atoms with Crippen LogP contribution in [0.15, 0.2) is 22.7 Å². The van der Waals surface area contributed by atoms with Gasteiger partial charge in [-0.3, -0.25) is 9.69 Å². The van der Waals surface area contributed by atoms with Crippen molar-refractivity contribution in [1.82, 2.24) is 4.90 Å². The van der Waals surface area contributed by atoms with E-state index in [1.807, 2.05) is 25.1 Å². The molecule has 2 rings (SSSR count). The van der Waals surface area contributed by atoms with Gasteiger partial charge >= 0.3 is 0 Å². The van der Waals surface area contributed by atoms with Crippen molar-refractivity contribution in [2.75, 3.05) is 31.5 Å². The fraction of sp³-hybridized carbons (Fsp3) is 0.533. The van der Waals surface area contributed by atoms with Crippen LogP contribution in [0.4, 0.5) is 5.69 Å². The van der Waals surface area contributed by atoms with Gasteiger partial charge in [-0.1, -0.05) is 15.9 Å². The van der Waals surface area contributed by atoms with Crippen LogP contribution in [0.2, 0.25) is 0 Å². The van der Waals surface area contributed by atoms with E-state index < -0.39 is 0 Å². The lowest BCUT2D eigenvalue weighted by Gasteiger charge is -2.31. The third-order valence-corrected chi connectivity index (χ3v) is 4.26. The summed E-state index contributed by atoms with van der Waals surface area (Å²) in [6.45, 7) is 5.08. The van der Waals surface area contributed by atoms with Crippen molar-refractivity contribution in [2.24, 2.45) is 11.7 Å². The van der Waals surface area contributed by atoms with Crippen LogP contribution in [0.1, 0.15) is 18.4 Å². The lowest BCUT2D eigenvalue weighted by Crippen LogP contribution is -2.42. The molecular formula is C15H23BrClN3O. The summed E-state index contributed by atoms with van der Waals surface area (Å²) in [6.07, 6.45) is 2.31. The number of rotatable bonds is 4. The Balaban J connectivity index is 0.00000220. The zero-order chi connectivity index (χ0) is 14.5. The lowest BCUT2D eigenvalue weighted by atomic mass is 9.98. The van der Waals surface area contributed by atoms with Gasteiger partial charge in [0.2, 0.25) is 5.91 Å². The van der Waals surface area contributed by atoms with Crippen LogP contribution in [0.5, 0.6) is 0 Å². The van der Waals surface area contributed by atoms with E-state index in [1.54, 1.807) is 0 Å². The third-order valence-electron chi connectivity index (χ3n) is 3.77. The second-order valence-electron chi connectivity index (χ2n) is 5.49. The molecule has 1 amide bonds. The Hall–Kier alpha value is -0.620. The van der Waals surface area contributed by atoms with Crippen molar-refractivity contribution in [1.29, 1.82) is 0 Å². The average molecular weight is 377 g/mol. The number of nitrogens with two attached hydrogens (primary N) is 1. The monoisotopic (exact) mass is 375 g/mol. The van der Waals surface area contributed by atoms with Crippen molar-refractivity contribution in [2.45, 2.75) is 19.8 Å². The Bertz CT molecular complexity index is 484. The Morgan fingerprint density at radius 1 is 1.52 bits per heavy atom. The first-order chi connectivity index (χ1) is 9.58. The molecule has 1 aromatic carbocycles. The zero-order valence-electron chi connectivity index (χ0n) is 12.3. The normalized spacial score (nSPS) is 18.9. The number of carbonyl (C=O) groups excluding carboxylic acids is 1. The molecule has 1 heterocycles. The first-order valence-electron chi connectivity index (χ1n) is 7.07. The summed E-state index contributed by atoms with van der Waals surface area (Å²) in [5.74, 6) is 0.582. The molecule has 0 saturated carbocycles. The maximum absolute atomic E-state index is 12.1. The molecule has 118 valence electrons. The summed E-state index contributed by atoms with van der Waals surface area (Å²) in [6, 6.07) is 5.87. The van der Waals surface area contributed by atoms with Crippen LogP contribution in [-0.2, 0) is 4.79 Å². The number of hydrogen-bond donors (Lipinski definition) is 2. The number of hydrogen-bond acceptors (Lipinski definition) is 3. The van der Waals surface area contributed by atoms with Crippen molar-refractivity contribution in [3.05, 3.63) is 28.2 Å². The van der Waals surface area contributed by atoms with E-state index in [2.05, 4.69) is 26.1 Å². The number of carbonyl (C=O) groups is 1. The van der Waals surface area contributed by atoms with Gasteiger partial charge in [0.1, 0.15) is 0 Å². The van der Waals surface area contributed by atoms with E-state index in [0.717, 1.165) is 35.2 Å². The van der Waals surface area contributed by atoms with Crippen LogP contribution in [0.3, 0.4) is 0 Å². The molecule has 3 N–H and O–H groups in total. The van der Waals surface area contributed by atoms with Crippen LogP contribution in [0.25, 0.3) is 0 Å². The fourth-order valence-electron chi connectivity index (χ4n) is 2.65. The molecule has 1 aromatic rings. The smallest absolute Gasteiger partial charge is 0.238 e. The van der Waals surface area contributed by atoms with Gasteiger partial charge in [-0.15, -0.1) is 12.4 Å². The lowest BCUT2D eigenvalue weighted by molar-refractivity contribution is -0.117. The molecule has 4 nitrogen and oxygen atoms in total. The molecule has 6 heteroatoms. The largest absolute Gasteiger partial charge is 0.330 e. The highest BCUT2D eigenvalue weighted by atomic mass is 79.9. The summed E-state index contributed by atoms with van der Waals surface area (Å²) < 4.78 is 1.02. The van der Waals surface area contributed by atoms with E-state index >= 15 is 0 Å². The molecular weight excluding hydrogens is 354 g/mol. The average Bonchev–Trinajstić information content (AvgIpc) is 2.42. The minimum absolute atomic E-state index is 0. The van der Waals surface area contributed by atoms with Gasteiger partial charge in [0.05, 0.1) is 6.54 Å². The van der Waals surface area contributed by atoms with Gasteiger partial charge < -0.3 is 11.1 Å². The van der Waals surface area contributed by atoms with Gasteiger partial charge in [-0.25, -0.2) is 0 Å². The number of amides is 1. The molecule has 0 radical (unpaired) electrons. The summed E-state index contributed by atoms with van der Waals surface area (Å²) in [5.41, 5.74) is 7.66. The van der Waals surface area contributed by atoms with E-state index in [-0.39, 0.29) is 18.3 Å². The summed E-state index contributed by atoms with van der Waals surface area (Å²) in [4.78, 5) is 14.3. The molecule has 0 bridgehead atoms. The van der Waals surface area contributed by atoms with Crippen molar-refractivity contribution in [3.63, 3.8) is 0 Å². The number of anilines is 1. The molecule has 1 aliphatic heterocycles. The molecule has 1 atom stereocenters. The number of aryl methyl sites for hydroxylation is 1. The fourth-order valence-corrected chi connectivity index (χ4v) is 3.12. The molecule has 1 fully saturated rings. The predicted octanol–water partition coefficient (Wildman–Crippen LogP) is 2.79. The minimum Gasteiger partial charge on any atom is -0.330 e. The van der Waals surface area contributed by atoms with E-state index in [1.165, 1.54) is 6.42 Å². The number of nitrogens with zero attached hydrogens (tertiary/aromatic N) is 1. The Kier molecular flexibility index (Phi) is 7.66. The number of halogens is 2. The molecule has 1 aliphatic rings. The predicted molar refractivity (Wildman–Crippen MR) is 93.0 cm³/mol. The maximum Gasteiger partial charge on any atom is 0.238 e. The van der Waals surface area contributed by atoms with Crippen LogP contribution >= 0.6 is 28.3 Å². The van der Waals surface area contributed by atoms with Crippen molar-refractivity contribution < 1.29 is 4.79 Å². The molecule has 0 spiro atoms. The number of likely N-dealkylation sites (tertiary alicyclic amines) is 1. The Morgan fingerprint density at radius 2 is 2.29 bits per heavy atom. The quantitative estimate of drug-likeness (QED) is 0.849. The highest BCUT2D eigenvalue weighted by Gasteiger charge is 2.20. The van der Waals surface area contributed by atoms with E-state index in [0.29, 0.717) is 19.0 Å². The van der Waals surface area contributed by atoms with Gasteiger partial charge in [0, 0.05) is 16.7 Å². The molecule has 0 aromatic heterocycles. The van der Waals surface area contributed by atoms with Gasteiger partial charge in [-0.2, -0.15) is 0 Å². The molecule has 1 unspecified atom stereocenters. The van der Waals surface area contributed by atoms with Crippen molar-refractivity contribution >= 4 is 39.9 Å². The highest BCUT2D eigenvalue weighted by Crippen LogP contribution is 2.20. The van der Waals surface area contributed by atoms with Gasteiger partial charge in [-0.05, 0) is 62.5 Å². The topological polar surface area (TPSA) is 58.4 Å². The third kappa shape index (κ3) is 5.58. The highest BCUT2D eigenvalue weighted by molar-refractivity contribution is 9.10. The first-order valence-corrected chi connectivity index (χ1v) is 7.86. The summed E-state index contributed by atoms with van der Waals surface area (Å²) in [5, 5.41) is 2.98. The van der Waals surface area contributed by atoms with Crippen molar-refractivity contribution in [3.8, 4) is 0 Å². The second-order valence-corrected chi connectivity index (χ2v) is 6.40. The standard InChI is InChI=1S/C15H22BrN3O.ClH/c1-11-7-13(16)4-5-14(11)18-15(20)10-19-6-2-3-12(8-17)9-19;/h4-5,7,12H,2-3,6,8-10,17H2,1H3,(H,18,20);1H. The van der Waals surface area contributed by atoms with Crippen LogP contribution in [0, 0.1) is 12.8 Å². The first kappa shape index (κ1) is 18.4. The second kappa shape index (κ2) is 8.73. The SMILES string of the molecule is Cc1cc(Br)ccc1NC(=O)CN1CCCC(CN)C1.Cl. The minimum atomic E-state index is 0. The Morgan fingerprint density at radius 3 is 2.95 bits per heavy atom. The number of piperidine rings is 1. The Labute approximate surface area is 141 Å². The zero-order valence-corrected chi connectivity index (χ0v) is 14.7. The summed E-state index contributed by atoms with van der Waals surface area (Å²) in [7, 11) is 0. The van der Waals surface area contributed by atoms with E-state index in [4.69, 9.17) is 5.73 Å².